The second kappa shape index (κ2) is 7.47. The number of likely N-dealkylation sites (N-methyl/N-ethyl adjacent to an activating group) is 1. The van der Waals surface area contributed by atoms with Crippen LogP contribution >= 0.6 is 0 Å². The molecule has 0 heterocycles. The average molecular weight is 287 g/mol. The van der Waals surface area contributed by atoms with Gasteiger partial charge in [0.25, 0.3) is 0 Å². The van der Waals surface area contributed by atoms with Crippen molar-refractivity contribution >= 4 is 10.0 Å². The first-order valence-corrected chi connectivity index (χ1v) is 7.67. The zero-order valence-corrected chi connectivity index (χ0v) is 12.4. The lowest BCUT2D eigenvalue weighted by molar-refractivity contribution is 0.216. The van der Waals surface area contributed by atoms with Crippen LogP contribution in [0.2, 0.25) is 0 Å². The molecule has 0 spiro atoms. The summed E-state index contributed by atoms with van der Waals surface area (Å²) in [6, 6.07) is 7.61. The van der Waals surface area contributed by atoms with Crippen LogP contribution < -0.4 is 4.74 Å². The van der Waals surface area contributed by atoms with Gasteiger partial charge < -0.3 is 9.47 Å². The fourth-order valence-electron chi connectivity index (χ4n) is 1.67. The second-order valence-electron chi connectivity index (χ2n) is 4.19. The van der Waals surface area contributed by atoms with Crippen molar-refractivity contribution < 1.29 is 17.9 Å². The Morgan fingerprint density at radius 3 is 2.53 bits per heavy atom. The van der Waals surface area contributed by atoms with E-state index in [9.17, 15) is 8.42 Å². The van der Waals surface area contributed by atoms with Gasteiger partial charge in [-0.1, -0.05) is 18.2 Å². The van der Waals surface area contributed by atoms with Crippen LogP contribution in [0.4, 0.5) is 0 Å². The zero-order chi connectivity index (χ0) is 14.3. The van der Waals surface area contributed by atoms with E-state index in [1.165, 1.54) is 11.4 Å². The molecule has 0 aromatic heterocycles. The number of ether oxygens (including phenoxy) is 2. The van der Waals surface area contributed by atoms with Gasteiger partial charge in [0, 0.05) is 20.7 Å². The number of hydrogen-bond donors (Lipinski definition) is 0. The van der Waals surface area contributed by atoms with E-state index >= 15 is 0 Å². The summed E-state index contributed by atoms with van der Waals surface area (Å²) in [6.07, 6.45) is 0.618. The highest BCUT2D eigenvalue weighted by molar-refractivity contribution is 7.89. The Morgan fingerprint density at radius 2 is 1.89 bits per heavy atom. The van der Waals surface area contributed by atoms with E-state index in [0.717, 1.165) is 11.3 Å². The Labute approximate surface area is 115 Å². The molecule has 108 valence electrons. The lowest BCUT2D eigenvalue weighted by atomic mass is 10.1. The molecular formula is C13H21NO4S. The van der Waals surface area contributed by atoms with Crippen LogP contribution in [0.15, 0.2) is 24.3 Å². The molecule has 19 heavy (non-hydrogen) atoms. The first-order chi connectivity index (χ1) is 9.01. The van der Waals surface area contributed by atoms with Crippen LogP contribution in [0.3, 0.4) is 0 Å². The summed E-state index contributed by atoms with van der Waals surface area (Å²) in [5.74, 6) is 0.788. The third-order valence-corrected chi connectivity index (χ3v) is 4.72. The topological polar surface area (TPSA) is 55.8 Å². The van der Waals surface area contributed by atoms with Crippen LogP contribution in [-0.2, 0) is 21.2 Å². The summed E-state index contributed by atoms with van der Waals surface area (Å²) in [5, 5.41) is 0. The molecule has 5 nitrogen and oxygen atoms in total. The lowest BCUT2D eigenvalue weighted by Crippen LogP contribution is -2.32. The van der Waals surface area contributed by atoms with Crippen molar-refractivity contribution in [2.24, 2.45) is 0 Å². The van der Waals surface area contributed by atoms with Gasteiger partial charge in [-0.25, -0.2) is 12.7 Å². The van der Waals surface area contributed by atoms with Crippen LogP contribution in [-0.4, -0.2) is 52.9 Å². The Hall–Kier alpha value is -1.11. The second-order valence-corrected chi connectivity index (χ2v) is 6.39. The molecule has 0 aliphatic rings. The van der Waals surface area contributed by atoms with Gasteiger partial charge in [0.2, 0.25) is 10.0 Å². The van der Waals surface area contributed by atoms with Crippen molar-refractivity contribution in [3.05, 3.63) is 29.8 Å². The fourth-order valence-corrected chi connectivity index (χ4v) is 2.73. The van der Waals surface area contributed by atoms with E-state index in [-0.39, 0.29) is 12.4 Å². The summed E-state index contributed by atoms with van der Waals surface area (Å²) in [5.41, 5.74) is 0.999. The molecule has 1 aromatic carbocycles. The molecule has 1 aromatic rings. The minimum Gasteiger partial charge on any atom is -0.496 e. The monoisotopic (exact) mass is 287 g/mol. The van der Waals surface area contributed by atoms with Gasteiger partial charge in [0.1, 0.15) is 5.75 Å². The predicted molar refractivity (Wildman–Crippen MR) is 75.0 cm³/mol. The van der Waals surface area contributed by atoms with Crippen LogP contribution in [0, 0.1) is 0 Å². The zero-order valence-electron chi connectivity index (χ0n) is 11.6. The maximum absolute atomic E-state index is 11.9. The average Bonchev–Trinajstić information content (AvgIpc) is 2.42. The molecule has 0 atom stereocenters. The van der Waals surface area contributed by atoms with Gasteiger partial charge in [-0.3, -0.25) is 0 Å². The molecule has 0 N–H and O–H groups in total. The predicted octanol–water partition coefficient (Wildman–Crippen LogP) is 1.15. The first kappa shape index (κ1) is 15.9. The number of hydrogen-bond acceptors (Lipinski definition) is 4. The van der Waals surface area contributed by atoms with Crippen molar-refractivity contribution in [2.75, 3.05) is 40.2 Å². The number of nitrogens with zero attached hydrogens (tertiary/aromatic N) is 1. The summed E-state index contributed by atoms with van der Waals surface area (Å²) in [6.45, 7) is 0.633. The molecule has 1 rings (SSSR count). The minimum absolute atomic E-state index is 0.00588. The van der Waals surface area contributed by atoms with Crippen LogP contribution in [0.5, 0.6) is 5.75 Å². The molecule has 0 bridgehead atoms. The lowest BCUT2D eigenvalue weighted by Gasteiger charge is -2.17. The Bertz CT molecular complexity index is 487. The third-order valence-electron chi connectivity index (χ3n) is 2.91. The highest BCUT2D eigenvalue weighted by Gasteiger charge is 2.17. The maximum atomic E-state index is 11.9. The van der Waals surface area contributed by atoms with Crippen molar-refractivity contribution in [3.63, 3.8) is 0 Å². The molecule has 0 aliphatic carbocycles. The SMILES string of the molecule is COCCS(=O)(=O)N(C)CCc1ccccc1OC. The highest BCUT2D eigenvalue weighted by atomic mass is 32.2. The van der Waals surface area contributed by atoms with Crippen molar-refractivity contribution in [2.45, 2.75) is 6.42 Å². The molecule has 0 fully saturated rings. The summed E-state index contributed by atoms with van der Waals surface area (Å²) in [7, 11) is 1.44. The molecule has 0 saturated heterocycles. The summed E-state index contributed by atoms with van der Waals surface area (Å²) >= 11 is 0. The number of para-hydroxylation sites is 1. The fraction of sp³-hybridized carbons (Fsp3) is 0.538. The summed E-state index contributed by atoms with van der Waals surface area (Å²) in [4.78, 5) is 0. The normalized spacial score (nSPS) is 11.8. The van der Waals surface area contributed by atoms with E-state index in [1.54, 1.807) is 14.2 Å². The largest absolute Gasteiger partial charge is 0.496 e. The minimum atomic E-state index is -3.24. The number of rotatable bonds is 8. The molecule has 0 saturated carbocycles. The molecule has 6 heteroatoms. The van der Waals surface area contributed by atoms with Crippen LogP contribution in [0.1, 0.15) is 5.56 Å². The first-order valence-electron chi connectivity index (χ1n) is 6.06. The third kappa shape index (κ3) is 4.81. The molecule has 0 amide bonds. The Kier molecular flexibility index (Phi) is 6.27. The van der Waals surface area contributed by atoms with E-state index < -0.39 is 10.0 Å². The van der Waals surface area contributed by atoms with Crippen LogP contribution in [0.25, 0.3) is 0 Å². The number of sulfonamides is 1. The quantitative estimate of drug-likeness (QED) is 0.719. The summed E-state index contributed by atoms with van der Waals surface area (Å²) < 4.78 is 35.2. The molecular weight excluding hydrogens is 266 g/mol. The van der Waals surface area contributed by atoms with Gasteiger partial charge >= 0.3 is 0 Å². The van der Waals surface area contributed by atoms with E-state index in [0.29, 0.717) is 13.0 Å². The Balaban J connectivity index is 2.61. The maximum Gasteiger partial charge on any atom is 0.216 e. The Morgan fingerprint density at radius 1 is 1.21 bits per heavy atom. The van der Waals surface area contributed by atoms with Gasteiger partial charge in [-0.15, -0.1) is 0 Å². The number of methoxy groups -OCH3 is 2. The van der Waals surface area contributed by atoms with E-state index in [2.05, 4.69) is 0 Å². The highest BCUT2D eigenvalue weighted by Crippen LogP contribution is 2.18. The molecule has 0 unspecified atom stereocenters. The van der Waals surface area contributed by atoms with Gasteiger partial charge in [-0.2, -0.15) is 0 Å². The van der Waals surface area contributed by atoms with Crippen molar-refractivity contribution in [1.29, 1.82) is 0 Å². The van der Waals surface area contributed by atoms with E-state index in [4.69, 9.17) is 9.47 Å². The molecule has 0 radical (unpaired) electrons. The van der Waals surface area contributed by atoms with Gasteiger partial charge in [0.05, 0.1) is 19.5 Å². The van der Waals surface area contributed by atoms with E-state index in [1.807, 2.05) is 24.3 Å². The molecule has 0 aliphatic heterocycles. The number of benzene rings is 1. The van der Waals surface area contributed by atoms with Crippen molar-refractivity contribution in [1.82, 2.24) is 4.31 Å². The van der Waals surface area contributed by atoms with Gasteiger partial charge in [0.15, 0.2) is 0 Å². The smallest absolute Gasteiger partial charge is 0.216 e. The van der Waals surface area contributed by atoms with Crippen molar-refractivity contribution in [3.8, 4) is 5.75 Å². The van der Waals surface area contributed by atoms with Gasteiger partial charge in [-0.05, 0) is 18.1 Å². The standard InChI is InChI=1S/C13H21NO4S/c1-14(19(15,16)11-10-17-2)9-8-12-6-4-5-7-13(12)18-3/h4-7H,8-11H2,1-3H3.